The van der Waals surface area contributed by atoms with Crippen molar-refractivity contribution in [2.24, 2.45) is 0 Å². The molecule has 0 unspecified atom stereocenters. The molecule has 0 fully saturated rings. The Labute approximate surface area is 382 Å². The van der Waals surface area contributed by atoms with Crippen LogP contribution in [0.5, 0.6) is 17.2 Å². The number of rotatable bonds is 3. The number of hydrogen-bond donors (Lipinski definition) is 3. The SMILES string of the molecule is Oc1ccccc1-c1nc2cc(C(F)(F)F)ccc2s1.Oc1ccccc1-c1nc2cc(C(F)(F)F)ccc2s1.Oc1ccccc1-c1nc2cc(C(F)(F)F)ccc2s1.[Zn].[Zn]. The normalized spacial score (nSPS) is 11.6. The van der Waals surface area contributed by atoms with E-state index in [1.54, 1.807) is 54.6 Å². The summed E-state index contributed by atoms with van der Waals surface area (Å²) in [5.74, 6) is 0.174. The van der Waals surface area contributed by atoms with Crippen molar-refractivity contribution in [3.63, 3.8) is 0 Å². The summed E-state index contributed by atoms with van der Waals surface area (Å²) >= 11 is 3.74. The molecule has 0 saturated carbocycles. The van der Waals surface area contributed by atoms with E-state index in [4.69, 9.17) is 0 Å². The summed E-state index contributed by atoms with van der Waals surface area (Å²) in [4.78, 5) is 12.5. The van der Waals surface area contributed by atoms with Crippen molar-refractivity contribution in [2.75, 3.05) is 0 Å². The van der Waals surface area contributed by atoms with Gasteiger partial charge in [0.1, 0.15) is 32.3 Å². The van der Waals surface area contributed by atoms with Crippen molar-refractivity contribution in [1.82, 2.24) is 15.0 Å². The fraction of sp³-hybridized carbons (Fsp3) is 0.0714. The third-order valence-electron chi connectivity index (χ3n) is 8.55. The van der Waals surface area contributed by atoms with Crippen molar-refractivity contribution >= 4 is 64.7 Å². The summed E-state index contributed by atoms with van der Waals surface area (Å²) in [5, 5.41) is 30.8. The van der Waals surface area contributed by atoms with Gasteiger partial charge >= 0.3 is 18.5 Å². The smallest absolute Gasteiger partial charge is 0.416 e. The minimum atomic E-state index is -4.38. The van der Waals surface area contributed by atoms with Crippen LogP contribution in [0, 0.1) is 0 Å². The minimum Gasteiger partial charge on any atom is -0.507 e. The van der Waals surface area contributed by atoms with Gasteiger partial charge in [-0.2, -0.15) is 39.5 Å². The van der Waals surface area contributed by atoms with Crippen molar-refractivity contribution in [1.29, 1.82) is 0 Å². The van der Waals surface area contributed by atoms with Gasteiger partial charge in [-0.3, -0.25) is 0 Å². The first-order chi connectivity index (χ1) is 28.3. The van der Waals surface area contributed by atoms with Gasteiger partial charge in [-0.05, 0) is 91.0 Å². The van der Waals surface area contributed by atoms with Gasteiger partial charge in [-0.15, -0.1) is 34.0 Å². The first kappa shape index (κ1) is 48.0. The van der Waals surface area contributed by atoms with Gasteiger partial charge in [0.25, 0.3) is 0 Å². The third-order valence-corrected chi connectivity index (χ3v) is 11.8. The minimum absolute atomic E-state index is 0. The fourth-order valence-corrected chi connectivity index (χ4v) is 8.56. The van der Waals surface area contributed by atoms with Gasteiger partial charge in [0.15, 0.2) is 0 Å². The molecule has 0 bridgehead atoms. The van der Waals surface area contributed by atoms with Gasteiger partial charge in [0, 0.05) is 39.0 Å². The zero-order valence-electron chi connectivity index (χ0n) is 31.3. The number of para-hydroxylation sites is 3. The largest absolute Gasteiger partial charge is 0.507 e. The van der Waals surface area contributed by atoms with Crippen LogP contribution in [0.2, 0.25) is 0 Å². The van der Waals surface area contributed by atoms with Crippen molar-refractivity contribution in [3.8, 4) is 49.0 Å². The Morgan fingerprint density at radius 1 is 0.355 bits per heavy atom. The fourth-order valence-electron chi connectivity index (χ4n) is 5.62. The molecule has 20 heteroatoms. The zero-order valence-corrected chi connectivity index (χ0v) is 39.7. The van der Waals surface area contributed by atoms with Crippen LogP contribution in [-0.2, 0) is 57.5 Å². The van der Waals surface area contributed by atoms with E-state index >= 15 is 0 Å². The van der Waals surface area contributed by atoms with Crippen molar-refractivity contribution < 1.29 is 93.8 Å². The second kappa shape index (κ2) is 19.2. The van der Waals surface area contributed by atoms with E-state index in [1.807, 2.05) is 0 Å². The average molecular weight is 1020 g/mol. The number of aromatic nitrogens is 3. The molecular weight excluding hydrogens is 992 g/mol. The molecule has 3 aromatic heterocycles. The van der Waals surface area contributed by atoms with Crippen molar-refractivity contribution in [2.45, 2.75) is 18.5 Å². The van der Waals surface area contributed by atoms with Gasteiger partial charge in [0.2, 0.25) is 0 Å². The molecule has 310 valence electrons. The molecule has 0 radical (unpaired) electrons. The molecule has 6 nitrogen and oxygen atoms in total. The van der Waals surface area contributed by atoms with E-state index in [-0.39, 0.29) is 72.8 Å². The molecule has 0 aliphatic heterocycles. The summed E-state index contributed by atoms with van der Waals surface area (Å²) in [6, 6.07) is 30.2. The monoisotopic (exact) mass is 1010 g/mol. The number of aromatic hydroxyl groups is 3. The zero-order chi connectivity index (χ0) is 43.0. The van der Waals surface area contributed by atoms with Crippen LogP contribution < -0.4 is 0 Å². The first-order valence-corrected chi connectivity index (χ1v) is 19.6. The van der Waals surface area contributed by atoms with Crippen LogP contribution in [0.3, 0.4) is 0 Å². The maximum Gasteiger partial charge on any atom is 0.416 e. The van der Waals surface area contributed by atoms with Gasteiger partial charge in [0.05, 0.1) is 64.0 Å². The topological polar surface area (TPSA) is 99.4 Å². The van der Waals surface area contributed by atoms with Crippen LogP contribution in [0.1, 0.15) is 16.7 Å². The van der Waals surface area contributed by atoms with E-state index in [1.165, 1.54) is 70.4 Å². The van der Waals surface area contributed by atoms with E-state index in [9.17, 15) is 54.8 Å². The molecule has 9 rings (SSSR count). The van der Waals surface area contributed by atoms with Gasteiger partial charge in [-0.25, -0.2) is 15.0 Å². The predicted octanol–water partition coefficient (Wildman–Crippen LogP) is 14.1. The quantitative estimate of drug-likeness (QED) is 0.120. The van der Waals surface area contributed by atoms with Crippen LogP contribution in [-0.4, -0.2) is 30.3 Å². The van der Waals surface area contributed by atoms with Crippen molar-refractivity contribution in [3.05, 3.63) is 144 Å². The van der Waals surface area contributed by atoms with Gasteiger partial charge < -0.3 is 15.3 Å². The molecule has 9 aromatic rings. The second-order valence-corrected chi connectivity index (χ2v) is 15.7. The van der Waals surface area contributed by atoms with Gasteiger partial charge in [-0.1, -0.05) is 36.4 Å². The van der Waals surface area contributed by atoms with Crippen LogP contribution >= 0.6 is 34.0 Å². The Balaban J connectivity index is 0.000000173. The molecule has 0 aliphatic carbocycles. The summed E-state index contributed by atoms with van der Waals surface area (Å²) in [7, 11) is 0. The number of fused-ring (bicyclic) bond motifs is 3. The number of thiazole rings is 3. The van der Waals surface area contributed by atoms with E-state index in [2.05, 4.69) is 15.0 Å². The van der Waals surface area contributed by atoms with E-state index in [0.29, 0.717) is 45.8 Å². The Kier molecular flexibility index (Phi) is 14.9. The molecule has 0 aliphatic rings. The number of phenols is 3. The Hall–Kier alpha value is -4.99. The number of benzene rings is 6. The molecule has 3 N–H and O–H groups in total. The summed E-state index contributed by atoms with van der Waals surface area (Å²) in [6.45, 7) is 0. The maximum absolute atomic E-state index is 12.6. The summed E-state index contributed by atoms with van der Waals surface area (Å²) in [5.41, 5.74) is 0.221. The number of halogens is 9. The third kappa shape index (κ3) is 11.0. The molecule has 0 spiro atoms. The summed E-state index contributed by atoms with van der Waals surface area (Å²) < 4.78 is 116. The number of phenolic OH excluding ortho intramolecular Hbond substituents is 3. The molecule has 0 saturated heterocycles. The number of alkyl halides is 9. The second-order valence-electron chi connectivity index (χ2n) is 12.6. The standard InChI is InChI=1S/3C14H8F3NOS.2Zn/c3*15-14(16,17)8-5-6-12-10(7-8)18-13(20-12)9-3-1-2-4-11(9)19;;/h3*1-7,19H;;. The number of hydrogen-bond acceptors (Lipinski definition) is 9. The molecule has 3 heterocycles. The number of nitrogens with zero attached hydrogens (tertiary/aromatic N) is 3. The molecular formula is C42H24F9N3O3S3Zn2. The first-order valence-electron chi connectivity index (χ1n) is 17.1. The van der Waals surface area contributed by atoms with Crippen LogP contribution in [0.25, 0.3) is 62.4 Å². The Morgan fingerprint density at radius 2 is 0.597 bits per heavy atom. The predicted molar refractivity (Wildman–Crippen MR) is 215 cm³/mol. The molecule has 62 heavy (non-hydrogen) atoms. The Morgan fingerprint density at radius 3 is 0.823 bits per heavy atom. The average Bonchev–Trinajstić information content (AvgIpc) is 3.94. The maximum atomic E-state index is 12.6. The van der Waals surface area contributed by atoms with E-state index in [0.717, 1.165) is 36.4 Å². The van der Waals surface area contributed by atoms with E-state index < -0.39 is 35.2 Å². The molecule has 6 aromatic carbocycles. The Bertz CT molecular complexity index is 2670. The van der Waals surface area contributed by atoms with Crippen LogP contribution in [0.4, 0.5) is 39.5 Å². The molecule has 0 amide bonds. The van der Waals surface area contributed by atoms with Crippen LogP contribution in [0.15, 0.2) is 127 Å². The summed E-state index contributed by atoms with van der Waals surface area (Å²) in [6.07, 6.45) is -13.1. The molecule has 0 atom stereocenters.